The molecule has 96 heavy (non-hydrogen) atoms. The van der Waals surface area contributed by atoms with E-state index in [0.29, 0.717) is 12.8 Å². The van der Waals surface area contributed by atoms with E-state index in [-0.39, 0.29) is 66.9 Å². The van der Waals surface area contributed by atoms with Gasteiger partial charge in [0, 0.05) is 12.8 Å². The number of carboxylic acids is 4. The van der Waals surface area contributed by atoms with E-state index < -0.39 is 78.2 Å². The SMILES string of the molecule is Cc1ccc(C(=O)O[C@H](C(=O)O)[C@H](OC(=O)c2ccc(C)cc2)C(=O)O)cc1.Cc1ccc(C(=O)O[C@H](C(=O)O)[C@H](OC(=O)c2ccc(C)cc2)C(=O)O)cc1.NC1C=C(c2ccccc2)c2ccccc2CC1=O.S.S.[NH3+][C@H]1C=C(c2ccccc2)c2ccccc2CC1=O. The van der Waals surface area contributed by atoms with Gasteiger partial charge >= 0.3 is 47.8 Å². The van der Waals surface area contributed by atoms with Gasteiger partial charge in [-0.05, 0) is 127 Å². The summed E-state index contributed by atoms with van der Waals surface area (Å²) in [6.07, 6.45) is -4.14. The van der Waals surface area contributed by atoms with Crippen molar-refractivity contribution in [2.24, 2.45) is 5.73 Å². The average Bonchev–Trinajstić information content (AvgIpc) is 1.63. The molecule has 0 saturated heterocycles. The summed E-state index contributed by atoms with van der Waals surface area (Å²) in [4.78, 5) is 119. The lowest BCUT2D eigenvalue weighted by molar-refractivity contribution is -0.387. The monoisotopic (exact) mass is 1340 g/mol. The van der Waals surface area contributed by atoms with Gasteiger partial charge in [-0.1, -0.05) is 186 Å². The Morgan fingerprint density at radius 3 is 0.906 bits per heavy atom. The molecule has 496 valence electrons. The third kappa shape index (κ3) is 21.0. The first-order valence-electron chi connectivity index (χ1n) is 29.3. The normalized spacial score (nSPS) is 14.6. The number of rotatable bonds is 16. The molecule has 8 aromatic rings. The number of aliphatic carboxylic acids is 4. The molecule has 0 aliphatic heterocycles. The van der Waals surface area contributed by atoms with Crippen molar-refractivity contribution < 1.29 is 93.1 Å². The van der Waals surface area contributed by atoms with Crippen molar-refractivity contribution in [3.05, 3.63) is 296 Å². The molecule has 0 amide bonds. The van der Waals surface area contributed by atoms with Crippen LogP contribution in [-0.2, 0) is 60.6 Å². The molecule has 22 heteroatoms. The quantitative estimate of drug-likeness (QED) is 0.0388. The highest BCUT2D eigenvalue weighted by Gasteiger charge is 2.42. The predicted molar refractivity (Wildman–Crippen MR) is 365 cm³/mol. The number of carbonyl (C=O) groups is 10. The average molecular weight is 1340 g/mol. The van der Waals surface area contributed by atoms with E-state index in [1.165, 1.54) is 48.5 Å². The van der Waals surface area contributed by atoms with Crippen LogP contribution in [-0.4, -0.2) is 116 Å². The van der Waals surface area contributed by atoms with Crippen molar-refractivity contribution in [3.63, 3.8) is 0 Å². The Balaban J connectivity index is 0.000000233. The van der Waals surface area contributed by atoms with E-state index in [1.54, 1.807) is 76.2 Å². The minimum absolute atomic E-state index is 0. The van der Waals surface area contributed by atoms with Crippen LogP contribution >= 0.6 is 27.0 Å². The highest BCUT2D eigenvalue weighted by atomic mass is 32.1. The highest BCUT2D eigenvalue weighted by molar-refractivity contribution is 7.59. The van der Waals surface area contributed by atoms with Crippen LogP contribution in [0.2, 0.25) is 0 Å². The zero-order valence-electron chi connectivity index (χ0n) is 52.5. The molecule has 0 radical (unpaired) electrons. The number of quaternary nitrogens is 1. The minimum atomic E-state index is -2.22. The summed E-state index contributed by atoms with van der Waals surface area (Å²) in [6.45, 7) is 7.17. The minimum Gasteiger partial charge on any atom is -0.478 e. The molecule has 10 rings (SSSR count). The number of fused-ring (bicyclic) bond motifs is 2. The number of carboxylic acid groups (broad SMARTS) is 4. The summed E-state index contributed by atoms with van der Waals surface area (Å²) >= 11 is 0. The number of ketones is 2. The van der Waals surface area contributed by atoms with Gasteiger partial charge in [0.05, 0.1) is 28.3 Å². The maximum Gasteiger partial charge on any atom is 0.349 e. The fourth-order valence-electron chi connectivity index (χ4n) is 9.44. The smallest absolute Gasteiger partial charge is 0.349 e. The number of ether oxygens (including phenoxy) is 4. The Morgan fingerprint density at radius 2 is 0.625 bits per heavy atom. The van der Waals surface area contributed by atoms with E-state index in [4.69, 9.17) is 24.7 Å². The van der Waals surface area contributed by atoms with Crippen LogP contribution in [0.3, 0.4) is 0 Å². The number of nitrogens with two attached hydrogens (primary N) is 1. The van der Waals surface area contributed by atoms with Crippen LogP contribution in [0.5, 0.6) is 0 Å². The second-order valence-electron chi connectivity index (χ2n) is 21.7. The summed E-state index contributed by atoms with van der Waals surface area (Å²) in [6, 6.07) is 59.7. The van der Waals surface area contributed by atoms with Crippen LogP contribution < -0.4 is 11.5 Å². The largest absolute Gasteiger partial charge is 0.478 e. The number of hydrogen-bond donors (Lipinski definition) is 6. The van der Waals surface area contributed by atoms with Gasteiger partial charge in [0.1, 0.15) is 0 Å². The van der Waals surface area contributed by atoms with Crippen LogP contribution in [0.1, 0.15) is 97.1 Å². The van der Waals surface area contributed by atoms with Crippen LogP contribution in [0, 0.1) is 27.7 Å². The lowest BCUT2D eigenvalue weighted by Gasteiger charge is -2.21. The zero-order valence-corrected chi connectivity index (χ0v) is 54.5. The van der Waals surface area contributed by atoms with Gasteiger partial charge in [0.2, 0.25) is 24.4 Å². The molecule has 8 aromatic carbocycles. The lowest BCUT2D eigenvalue weighted by Crippen LogP contribution is -2.64. The molecule has 0 saturated carbocycles. The van der Waals surface area contributed by atoms with Gasteiger partial charge in [0.15, 0.2) is 17.6 Å². The number of Topliss-reactive ketones (excluding diaryl/α,β-unsaturated/α-hetero) is 2. The molecule has 0 bridgehead atoms. The van der Waals surface area contributed by atoms with Crippen molar-refractivity contribution in [2.45, 2.75) is 77.0 Å². The summed E-state index contributed by atoms with van der Waals surface area (Å²) in [5, 5.41) is 37.3. The predicted octanol–water partition coefficient (Wildman–Crippen LogP) is 9.10. The third-order valence-electron chi connectivity index (χ3n) is 14.6. The topological polar surface area (TPSA) is 342 Å². The van der Waals surface area contributed by atoms with Gasteiger partial charge < -0.3 is 50.8 Å². The lowest BCUT2D eigenvalue weighted by atomic mass is 9.94. The fourth-order valence-corrected chi connectivity index (χ4v) is 9.44. The molecule has 1 unspecified atom stereocenters. The highest BCUT2D eigenvalue weighted by Crippen LogP contribution is 2.31. The molecule has 0 fully saturated rings. The van der Waals surface area contributed by atoms with Crippen molar-refractivity contribution >= 4 is 97.5 Å². The Kier molecular flexibility index (Phi) is 28.3. The molecule has 0 spiro atoms. The molecule has 2 aliphatic rings. The molecule has 0 heterocycles. The first-order valence-corrected chi connectivity index (χ1v) is 29.3. The van der Waals surface area contributed by atoms with Gasteiger partial charge in [0.25, 0.3) is 0 Å². The van der Waals surface area contributed by atoms with E-state index in [1.807, 2.05) is 97.1 Å². The third-order valence-corrected chi connectivity index (χ3v) is 14.6. The molecule has 20 nitrogen and oxygen atoms in total. The van der Waals surface area contributed by atoms with Gasteiger partial charge in [-0.15, -0.1) is 0 Å². The molecular formula is C74H71N2O18S2+. The second kappa shape index (κ2) is 35.8. The Labute approximate surface area is 566 Å². The summed E-state index contributed by atoms with van der Waals surface area (Å²) in [5.41, 5.74) is 22.3. The standard InChI is InChI=1S/2C20H18O8.2C17H15NO.2H2S/c2*1-11-3-7-13(8-4-11)19(25)27-15(17(21)22)16(18(23)24)28-20(26)14-9-5-12(2)6-10-14;2*18-16-11-15(12-6-2-1-3-7-12)14-9-5-4-8-13(14)10-17(16)19;;/h2*3-10,15-16H,1-2H3,(H,21,22)(H,23,24);2*1-9,11,16H,10,18H2;2*1H2/p+1/t2*15-,16-;16-;;;/m000.../s1. The van der Waals surface area contributed by atoms with Crippen molar-refractivity contribution in [1.82, 2.24) is 0 Å². The molecular weight excluding hydrogens is 1270 g/mol. The maximum atomic E-state index is 12.2. The number of benzene rings is 8. The molecule has 0 aromatic heterocycles. The zero-order chi connectivity index (χ0) is 68.2. The van der Waals surface area contributed by atoms with Crippen molar-refractivity contribution in [3.8, 4) is 0 Å². The Bertz CT molecular complexity index is 3720. The first-order chi connectivity index (χ1) is 44.9. The van der Waals surface area contributed by atoms with Crippen LogP contribution in [0.25, 0.3) is 11.1 Å². The Hall–Kier alpha value is -11.0. The van der Waals surface area contributed by atoms with Gasteiger partial charge in [-0.25, -0.2) is 38.4 Å². The van der Waals surface area contributed by atoms with Gasteiger partial charge in [-0.2, -0.15) is 27.0 Å². The summed E-state index contributed by atoms with van der Waals surface area (Å²) in [7, 11) is 0. The Morgan fingerprint density at radius 1 is 0.375 bits per heavy atom. The molecule has 2 aliphatic carbocycles. The van der Waals surface area contributed by atoms with E-state index in [2.05, 4.69) is 30.0 Å². The number of aryl methyl sites for hydroxylation is 4. The van der Waals surface area contributed by atoms with Crippen molar-refractivity contribution in [1.29, 1.82) is 0 Å². The van der Waals surface area contributed by atoms with E-state index >= 15 is 0 Å². The molecule has 9 N–H and O–H groups in total. The fraction of sp³-hybridized carbons (Fsp3) is 0.162. The maximum absolute atomic E-state index is 12.2. The van der Waals surface area contributed by atoms with Crippen LogP contribution in [0.4, 0.5) is 0 Å². The second-order valence-corrected chi connectivity index (χ2v) is 21.7. The summed E-state index contributed by atoms with van der Waals surface area (Å²) < 4.78 is 19.3. The first kappa shape index (κ1) is 75.7. The number of hydrogen-bond acceptors (Lipinski definition) is 15. The molecule has 6 atom stereocenters. The summed E-state index contributed by atoms with van der Waals surface area (Å²) in [5.74, 6) is -11.0. The van der Waals surface area contributed by atoms with E-state index in [0.717, 1.165) is 66.8 Å². The van der Waals surface area contributed by atoms with Crippen molar-refractivity contribution in [2.75, 3.05) is 0 Å². The number of esters is 4. The van der Waals surface area contributed by atoms with Gasteiger partial charge in [-0.3, -0.25) is 9.59 Å². The number of carbonyl (C=O) groups excluding carboxylic acids is 6. The van der Waals surface area contributed by atoms with E-state index in [9.17, 15) is 68.4 Å². The van der Waals surface area contributed by atoms with Crippen LogP contribution in [0.15, 0.2) is 218 Å².